The summed E-state index contributed by atoms with van der Waals surface area (Å²) in [6.07, 6.45) is 3.70. The summed E-state index contributed by atoms with van der Waals surface area (Å²) in [6.45, 7) is 2.75. The second-order valence-corrected chi connectivity index (χ2v) is 14.5. The van der Waals surface area contributed by atoms with Crippen molar-refractivity contribution in [2.45, 2.75) is 89.7 Å². The summed E-state index contributed by atoms with van der Waals surface area (Å²) < 4.78 is 13.5. The molecule has 5 aromatic rings. The average molecular weight is 756 g/mol. The second-order valence-electron chi connectivity index (χ2n) is 14.5. The van der Waals surface area contributed by atoms with E-state index < -0.39 is 6.29 Å². The van der Waals surface area contributed by atoms with Crippen molar-refractivity contribution >= 4 is 11.8 Å². The van der Waals surface area contributed by atoms with E-state index in [4.69, 9.17) is 14.7 Å². The van der Waals surface area contributed by atoms with Crippen molar-refractivity contribution in [1.29, 1.82) is 0 Å². The van der Waals surface area contributed by atoms with Gasteiger partial charge < -0.3 is 19.9 Å². The number of rotatable bonds is 19. The molecule has 56 heavy (non-hydrogen) atoms. The molecule has 1 saturated heterocycles. The summed E-state index contributed by atoms with van der Waals surface area (Å²) in [7, 11) is 0. The number of nitrogens with zero attached hydrogens (tertiary/aromatic N) is 1. The first-order valence-corrected chi connectivity index (χ1v) is 19.7. The molecule has 4 N–H and O–H groups in total. The molecule has 0 aromatic heterocycles. The first kappa shape index (κ1) is 40.5. The fourth-order valence-electron chi connectivity index (χ4n) is 7.15. The van der Waals surface area contributed by atoms with Gasteiger partial charge in [0.2, 0.25) is 11.8 Å². The summed E-state index contributed by atoms with van der Waals surface area (Å²) in [5, 5.41) is 21.3. The van der Waals surface area contributed by atoms with Gasteiger partial charge in [-0.1, -0.05) is 140 Å². The standard InChI is InChI=1S/C47H53N3O6/c51-34-37-20-22-40(23-21-37)44-29-43(33-50(31-35-12-5-3-6-13-35)32-36-14-7-4-8-15-36)55-47(56-44)41-26-24-39(25-27-41)42-17-11-16-38(28-42)30-48-45(52)18-9-1-2-10-19-46(53)49-54/h3-8,11-17,20-28,43-44,47,51,54H,1-2,9-10,18-19,29-34H2,(H,48,52)(H,49,53)/t43-,44+,47+/m0/s1. The minimum atomic E-state index is -0.567. The molecule has 3 atom stereocenters. The third kappa shape index (κ3) is 12.4. The molecular weight excluding hydrogens is 703 g/mol. The number of carbonyl (C=O) groups is 2. The largest absolute Gasteiger partial charge is 0.392 e. The lowest BCUT2D eigenvalue weighted by Crippen LogP contribution is -2.39. The van der Waals surface area contributed by atoms with Gasteiger partial charge in [0.25, 0.3) is 0 Å². The number of aliphatic hydroxyl groups is 1. The summed E-state index contributed by atoms with van der Waals surface area (Å²) in [4.78, 5) is 26.1. The second kappa shape index (κ2) is 21.2. The number of unbranched alkanes of at least 4 members (excludes halogenated alkanes) is 3. The van der Waals surface area contributed by atoms with Crippen LogP contribution in [0.2, 0.25) is 0 Å². The fraction of sp³-hybridized carbons (Fsp3) is 0.319. The predicted octanol–water partition coefficient (Wildman–Crippen LogP) is 8.56. The fourth-order valence-corrected chi connectivity index (χ4v) is 7.15. The van der Waals surface area contributed by atoms with Gasteiger partial charge in [0, 0.05) is 51.0 Å². The van der Waals surface area contributed by atoms with Gasteiger partial charge in [-0.05, 0) is 57.9 Å². The van der Waals surface area contributed by atoms with Crippen molar-refractivity contribution in [3.8, 4) is 11.1 Å². The number of hydroxylamine groups is 1. The molecule has 0 unspecified atom stereocenters. The molecule has 6 rings (SSSR count). The highest BCUT2D eigenvalue weighted by atomic mass is 16.7. The smallest absolute Gasteiger partial charge is 0.243 e. The molecule has 0 saturated carbocycles. The van der Waals surface area contributed by atoms with Crippen LogP contribution in [-0.4, -0.2) is 39.7 Å². The summed E-state index contributed by atoms with van der Waals surface area (Å²) in [5.41, 5.74) is 10.1. The number of ether oxygens (including phenoxy) is 2. The highest BCUT2D eigenvalue weighted by molar-refractivity contribution is 5.76. The van der Waals surface area contributed by atoms with Crippen molar-refractivity contribution in [2.24, 2.45) is 0 Å². The molecule has 9 heteroatoms. The van der Waals surface area contributed by atoms with E-state index >= 15 is 0 Å². The van der Waals surface area contributed by atoms with Crippen LogP contribution >= 0.6 is 0 Å². The monoisotopic (exact) mass is 755 g/mol. The van der Waals surface area contributed by atoms with Gasteiger partial charge >= 0.3 is 0 Å². The van der Waals surface area contributed by atoms with Crippen molar-refractivity contribution in [2.75, 3.05) is 6.54 Å². The van der Waals surface area contributed by atoms with E-state index in [1.807, 2.05) is 48.5 Å². The number of nitrogens with one attached hydrogen (secondary N) is 2. The lowest BCUT2D eigenvalue weighted by atomic mass is 9.98. The van der Waals surface area contributed by atoms with E-state index in [1.54, 1.807) is 5.48 Å². The lowest BCUT2D eigenvalue weighted by molar-refractivity contribution is -0.253. The van der Waals surface area contributed by atoms with E-state index in [0.717, 1.165) is 72.3 Å². The van der Waals surface area contributed by atoms with Crippen LogP contribution in [0.25, 0.3) is 11.1 Å². The van der Waals surface area contributed by atoms with Gasteiger partial charge in [0.05, 0.1) is 18.8 Å². The Labute approximate surface area is 330 Å². The first-order valence-electron chi connectivity index (χ1n) is 19.7. The average Bonchev–Trinajstić information content (AvgIpc) is 3.24. The molecule has 292 valence electrons. The SMILES string of the molecule is O=C(CCCCCCC(=O)NCc1cccc(-c2ccc([C@@H]3O[C@H](CN(Cc4ccccc4)Cc4ccccc4)C[C@H](c4ccc(CO)cc4)O3)cc2)c1)NO. The topological polar surface area (TPSA) is 120 Å². The number of hydrogen-bond acceptors (Lipinski definition) is 7. The van der Waals surface area contributed by atoms with Gasteiger partial charge in [-0.3, -0.25) is 19.7 Å². The number of hydrogen-bond donors (Lipinski definition) is 4. The number of amides is 2. The van der Waals surface area contributed by atoms with Gasteiger partial charge in [0.15, 0.2) is 6.29 Å². The highest BCUT2D eigenvalue weighted by Crippen LogP contribution is 2.39. The van der Waals surface area contributed by atoms with Crippen molar-refractivity contribution in [1.82, 2.24) is 15.7 Å². The molecule has 5 aromatic carbocycles. The third-order valence-corrected chi connectivity index (χ3v) is 10.2. The normalized spacial score (nSPS) is 16.7. The molecule has 0 aliphatic carbocycles. The molecule has 0 bridgehead atoms. The zero-order chi connectivity index (χ0) is 39.0. The minimum Gasteiger partial charge on any atom is -0.392 e. The van der Waals surface area contributed by atoms with Gasteiger partial charge in [-0.15, -0.1) is 0 Å². The zero-order valence-electron chi connectivity index (χ0n) is 31.9. The summed E-state index contributed by atoms with van der Waals surface area (Å²) in [6, 6.07) is 45.6. The van der Waals surface area contributed by atoms with E-state index in [0.29, 0.717) is 25.8 Å². The third-order valence-electron chi connectivity index (χ3n) is 10.2. The summed E-state index contributed by atoms with van der Waals surface area (Å²) >= 11 is 0. The molecule has 0 radical (unpaired) electrons. The number of benzene rings is 5. The number of carbonyl (C=O) groups excluding carboxylic acids is 2. The maximum absolute atomic E-state index is 12.5. The van der Waals surface area contributed by atoms with E-state index in [2.05, 4.69) is 95.1 Å². The highest BCUT2D eigenvalue weighted by Gasteiger charge is 2.33. The zero-order valence-corrected chi connectivity index (χ0v) is 31.9. The van der Waals surface area contributed by atoms with Crippen LogP contribution in [0.4, 0.5) is 0 Å². The van der Waals surface area contributed by atoms with E-state index in [-0.39, 0.29) is 37.0 Å². The van der Waals surface area contributed by atoms with Crippen LogP contribution in [0, 0.1) is 0 Å². The van der Waals surface area contributed by atoms with E-state index in [9.17, 15) is 14.7 Å². The molecule has 1 heterocycles. The quantitative estimate of drug-likeness (QED) is 0.0379. The van der Waals surface area contributed by atoms with Gasteiger partial charge in [-0.25, -0.2) is 5.48 Å². The molecule has 0 spiro atoms. The molecule has 2 amide bonds. The Morgan fingerprint density at radius 2 is 1.23 bits per heavy atom. The molecular formula is C47H53N3O6. The Kier molecular flexibility index (Phi) is 15.4. The van der Waals surface area contributed by atoms with Crippen LogP contribution in [0.1, 0.15) is 90.7 Å². The Bertz CT molecular complexity index is 1900. The van der Waals surface area contributed by atoms with Crippen molar-refractivity contribution in [3.63, 3.8) is 0 Å². The Balaban J connectivity index is 1.11. The molecule has 1 aliphatic rings. The van der Waals surface area contributed by atoms with Crippen molar-refractivity contribution in [3.05, 3.63) is 167 Å². The molecule has 1 fully saturated rings. The number of aliphatic hydroxyl groups excluding tert-OH is 1. The van der Waals surface area contributed by atoms with Crippen LogP contribution in [-0.2, 0) is 45.3 Å². The van der Waals surface area contributed by atoms with E-state index in [1.165, 1.54) is 11.1 Å². The Morgan fingerprint density at radius 3 is 1.86 bits per heavy atom. The van der Waals surface area contributed by atoms with Crippen LogP contribution in [0.3, 0.4) is 0 Å². The van der Waals surface area contributed by atoms with Crippen LogP contribution in [0.5, 0.6) is 0 Å². The van der Waals surface area contributed by atoms with Crippen LogP contribution in [0.15, 0.2) is 133 Å². The van der Waals surface area contributed by atoms with Crippen LogP contribution < -0.4 is 10.8 Å². The first-order chi connectivity index (χ1) is 27.4. The lowest BCUT2D eigenvalue weighted by Gasteiger charge is -2.38. The Hall–Kier alpha value is -5.16. The maximum atomic E-state index is 12.5. The Morgan fingerprint density at radius 1 is 0.625 bits per heavy atom. The maximum Gasteiger partial charge on any atom is 0.243 e. The minimum absolute atomic E-state index is 0.00416. The predicted molar refractivity (Wildman–Crippen MR) is 217 cm³/mol. The van der Waals surface area contributed by atoms with Crippen molar-refractivity contribution < 1.29 is 29.4 Å². The molecule has 9 nitrogen and oxygen atoms in total. The summed E-state index contributed by atoms with van der Waals surface area (Å²) in [5.74, 6) is -0.376. The van der Waals surface area contributed by atoms with Gasteiger partial charge in [0.1, 0.15) is 0 Å². The molecule has 1 aliphatic heterocycles. The van der Waals surface area contributed by atoms with Gasteiger partial charge in [-0.2, -0.15) is 0 Å².